The van der Waals surface area contributed by atoms with Crippen LogP contribution in [0.15, 0.2) is 29.4 Å². The molecule has 1 aromatic carbocycles. The molecule has 1 unspecified atom stereocenters. The number of rotatable bonds is 5. The van der Waals surface area contributed by atoms with Crippen molar-refractivity contribution < 1.29 is 13.9 Å². The molecule has 0 spiro atoms. The van der Waals surface area contributed by atoms with E-state index in [1.807, 2.05) is 0 Å². The third-order valence-corrected chi connectivity index (χ3v) is 3.11. The van der Waals surface area contributed by atoms with E-state index < -0.39 is 0 Å². The molecule has 0 bridgehead atoms. The summed E-state index contributed by atoms with van der Waals surface area (Å²) in [5.41, 5.74) is 8.23. The van der Waals surface area contributed by atoms with Crippen LogP contribution in [-0.4, -0.2) is 25.9 Å². The van der Waals surface area contributed by atoms with Crippen LogP contribution >= 0.6 is 0 Å². The Morgan fingerprint density at radius 1 is 1.37 bits per heavy atom. The van der Waals surface area contributed by atoms with Gasteiger partial charge in [-0.2, -0.15) is 0 Å². The average Bonchev–Trinajstić information content (AvgIpc) is 2.46. The fraction of sp³-hybridized carbons (Fsp3) is 0.538. The number of nitrogens with zero attached hydrogens (tertiary/aromatic N) is 3. The van der Waals surface area contributed by atoms with Crippen LogP contribution in [0.2, 0.25) is 0 Å². The number of ether oxygens (including phenoxy) is 2. The van der Waals surface area contributed by atoms with Crippen molar-refractivity contribution in [3.63, 3.8) is 0 Å². The van der Waals surface area contributed by atoms with Gasteiger partial charge in [0.2, 0.25) is 0 Å². The van der Waals surface area contributed by atoms with Crippen molar-refractivity contribution in [2.75, 3.05) is 19.8 Å². The van der Waals surface area contributed by atoms with Gasteiger partial charge in [0.05, 0.1) is 25.9 Å². The highest BCUT2D eigenvalue weighted by atomic mass is 19.1. The average molecular weight is 265 g/mol. The van der Waals surface area contributed by atoms with Gasteiger partial charge < -0.3 is 9.47 Å². The Bertz CT molecular complexity index is 438. The lowest BCUT2D eigenvalue weighted by Crippen LogP contribution is -2.30. The maximum atomic E-state index is 12.7. The molecule has 0 radical (unpaired) electrons. The number of hydrogen-bond acceptors (Lipinski definition) is 3. The normalized spacial score (nSPS) is 22.6. The molecule has 0 N–H and O–H groups in total. The minimum atomic E-state index is -0.269. The molecule has 0 aliphatic carbocycles. The second-order valence-corrected chi connectivity index (χ2v) is 4.58. The summed E-state index contributed by atoms with van der Waals surface area (Å²) in [4.78, 5) is 2.72. The van der Waals surface area contributed by atoms with Gasteiger partial charge in [0.25, 0.3) is 0 Å². The van der Waals surface area contributed by atoms with E-state index in [1.54, 1.807) is 12.1 Å². The van der Waals surface area contributed by atoms with Crippen LogP contribution in [0.4, 0.5) is 4.39 Å². The number of halogens is 1. The molecule has 1 saturated heterocycles. The Labute approximate surface area is 111 Å². The predicted octanol–water partition coefficient (Wildman–Crippen LogP) is 3.31. The van der Waals surface area contributed by atoms with Gasteiger partial charge in [-0.1, -0.05) is 5.11 Å². The molecular weight excluding hydrogens is 249 g/mol. The predicted molar refractivity (Wildman–Crippen MR) is 68.4 cm³/mol. The number of hydrogen-bond donors (Lipinski definition) is 0. The Morgan fingerprint density at radius 3 is 2.79 bits per heavy atom. The molecule has 0 saturated carbocycles. The molecule has 2 atom stereocenters. The first-order valence-electron chi connectivity index (χ1n) is 6.28. The maximum Gasteiger partial charge on any atom is 0.123 e. The molecule has 0 amide bonds. The summed E-state index contributed by atoms with van der Waals surface area (Å²) in [6.07, 6.45) is 1.88. The van der Waals surface area contributed by atoms with Crippen molar-refractivity contribution in [3.05, 3.63) is 40.5 Å². The Balaban J connectivity index is 1.71. The smallest absolute Gasteiger partial charge is 0.123 e. The standard InChI is InChI=1S/C13H16FN3O2/c14-11-2-5-12(6-3-11)18-8-10-1-4-13(19-9-10)7-16-17-15/h2-3,5-6,10,13H,1,4,7-9H2/t10?,13-/m0/s1. The lowest BCUT2D eigenvalue weighted by molar-refractivity contribution is -0.0218. The molecule has 2 rings (SSSR count). The minimum absolute atomic E-state index is 0.0259. The van der Waals surface area contributed by atoms with Gasteiger partial charge >= 0.3 is 0 Å². The zero-order valence-electron chi connectivity index (χ0n) is 10.5. The molecular formula is C13H16FN3O2. The fourth-order valence-corrected chi connectivity index (χ4v) is 2.01. The van der Waals surface area contributed by atoms with Crippen molar-refractivity contribution in [2.24, 2.45) is 11.0 Å². The Kier molecular flexibility index (Phi) is 5.01. The van der Waals surface area contributed by atoms with Gasteiger partial charge in [-0.15, -0.1) is 0 Å². The van der Waals surface area contributed by atoms with Gasteiger partial charge in [0.1, 0.15) is 11.6 Å². The fourth-order valence-electron chi connectivity index (χ4n) is 2.01. The lowest BCUT2D eigenvalue weighted by atomic mass is 9.99. The van der Waals surface area contributed by atoms with Crippen molar-refractivity contribution >= 4 is 0 Å². The van der Waals surface area contributed by atoms with Gasteiger partial charge in [0.15, 0.2) is 0 Å². The third kappa shape index (κ3) is 4.43. The molecule has 102 valence electrons. The van der Waals surface area contributed by atoms with Crippen LogP contribution in [0.3, 0.4) is 0 Å². The van der Waals surface area contributed by atoms with Crippen LogP contribution in [0.5, 0.6) is 5.75 Å². The van der Waals surface area contributed by atoms with Crippen molar-refractivity contribution in [3.8, 4) is 5.75 Å². The SMILES string of the molecule is [N-]=[N+]=NC[C@@H]1CCC(COc2ccc(F)cc2)CO1. The summed E-state index contributed by atoms with van der Waals surface area (Å²) >= 11 is 0. The van der Waals surface area contributed by atoms with Crippen molar-refractivity contribution in [1.29, 1.82) is 0 Å². The van der Waals surface area contributed by atoms with E-state index >= 15 is 0 Å². The highest BCUT2D eigenvalue weighted by Crippen LogP contribution is 2.21. The van der Waals surface area contributed by atoms with E-state index in [0.717, 1.165) is 12.8 Å². The van der Waals surface area contributed by atoms with Gasteiger partial charge in [-0.05, 0) is 42.6 Å². The summed E-state index contributed by atoms with van der Waals surface area (Å²) in [5, 5.41) is 3.51. The molecule has 6 heteroatoms. The van der Waals surface area contributed by atoms with Crippen LogP contribution in [0.1, 0.15) is 12.8 Å². The number of azide groups is 1. The Morgan fingerprint density at radius 2 is 2.16 bits per heavy atom. The van der Waals surface area contributed by atoms with E-state index in [4.69, 9.17) is 15.0 Å². The molecule has 19 heavy (non-hydrogen) atoms. The highest BCUT2D eigenvalue weighted by molar-refractivity contribution is 5.22. The van der Waals surface area contributed by atoms with Crippen LogP contribution in [0, 0.1) is 11.7 Å². The Hall–Kier alpha value is -1.78. The van der Waals surface area contributed by atoms with Gasteiger partial charge in [-0.25, -0.2) is 4.39 Å². The molecule has 1 aliphatic heterocycles. The van der Waals surface area contributed by atoms with Gasteiger partial charge in [0, 0.05) is 10.8 Å². The summed E-state index contributed by atoms with van der Waals surface area (Å²) in [6, 6.07) is 5.98. The van der Waals surface area contributed by atoms with Crippen LogP contribution < -0.4 is 4.74 Å². The topological polar surface area (TPSA) is 67.2 Å². The third-order valence-electron chi connectivity index (χ3n) is 3.11. The monoisotopic (exact) mass is 265 g/mol. The lowest BCUT2D eigenvalue weighted by Gasteiger charge is -2.28. The molecule has 0 aromatic heterocycles. The maximum absolute atomic E-state index is 12.7. The second kappa shape index (κ2) is 6.97. The first kappa shape index (κ1) is 13.6. The van der Waals surface area contributed by atoms with E-state index in [9.17, 15) is 4.39 Å². The zero-order valence-corrected chi connectivity index (χ0v) is 10.5. The molecule has 1 heterocycles. The molecule has 1 fully saturated rings. The van der Waals surface area contributed by atoms with Crippen molar-refractivity contribution in [2.45, 2.75) is 18.9 Å². The van der Waals surface area contributed by atoms with E-state index in [-0.39, 0.29) is 11.9 Å². The zero-order chi connectivity index (χ0) is 13.5. The summed E-state index contributed by atoms with van der Waals surface area (Å²) in [6.45, 7) is 1.55. The first-order chi connectivity index (χ1) is 9.28. The molecule has 1 aromatic rings. The minimum Gasteiger partial charge on any atom is -0.493 e. The summed E-state index contributed by atoms with van der Waals surface area (Å²) in [7, 11) is 0. The second-order valence-electron chi connectivity index (χ2n) is 4.58. The highest BCUT2D eigenvalue weighted by Gasteiger charge is 2.21. The molecule has 5 nitrogen and oxygen atoms in total. The van der Waals surface area contributed by atoms with E-state index in [2.05, 4.69) is 10.0 Å². The largest absolute Gasteiger partial charge is 0.493 e. The van der Waals surface area contributed by atoms with Gasteiger partial charge in [-0.3, -0.25) is 0 Å². The quantitative estimate of drug-likeness (QED) is 0.465. The van der Waals surface area contributed by atoms with Crippen molar-refractivity contribution in [1.82, 2.24) is 0 Å². The first-order valence-corrected chi connectivity index (χ1v) is 6.28. The van der Waals surface area contributed by atoms with E-state index in [0.29, 0.717) is 31.4 Å². The van der Waals surface area contributed by atoms with Crippen LogP contribution in [0.25, 0.3) is 10.4 Å². The molecule has 1 aliphatic rings. The summed E-state index contributed by atoms with van der Waals surface area (Å²) in [5.74, 6) is 0.721. The van der Waals surface area contributed by atoms with E-state index in [1.165, 1.54) is 12.1 Å². The van der Waals surface area contributed by atoms with Crippen LogP contribution in [-0.2, 0) is 4.74 Å². The number of benzene rings is 1. The summed E-state index contributed by atoms with van der Waals surface area (Å²) < 4.78 is 23.9.